The van der Waals surface area contributed by atoms with Gasteiger partial charge in [0.05, 0.1) is 31.4 Å². The fourth-order valence-electron chi connectivity index (χ4n) is 4.42. The van der Waals surface area contributed by atoms with Gasteiger partial charge in [-0.1, -0.05) is 18.2 Å². The molecule has 1 saturated heterocycles. The molecule has 168 valence electrons. The molecule has 2 unspecified atom stereocenters. The van der Waals surface area contributed by atoms with Crippen LogP contribution in [0.4, 0.5) is 0 Å². The molecule has 1 aromatic heterocycles. The van der Waals surface area contributed by atoms with Gasteiger partial charge in [0.2, 0.25) is 5.88 Å². The van der Waals surface area contributed by atoms with Crippen molar-refractivity contribution in [1.82, 2.24) is 10.0 Å². The average molecular weight is 436 g/mol. The summed E-state index contributed by atoms with van der Waals surface area (Å²) in [6.07, 6.45) is 3.73. The third-order valence-corrected chi connectivity index (χ3v) is 6.02. The third-order valence-electron chi connectivity index (χ3n) is 6.02. The van der Waals surface area contributed by atoms with Crippen LogP contribution in [0.25, 0.3) is 16.8 Å². The Bertz CT molecular complexity index is 1200. The van der Waals surface area contributed by atoms with E-state index in [1.54, 1.807) is 19.3 Å². The minimum atomic E-state index is -0.334. The van der Waals surface area contributed by atoms with Crippen molar-refractivity contribution in [2.45, 2.75) is 38.1 Å². The van der Waals surface area contributed by atoms with Gasteiger partial charge >= 0.3 is 0 Å². The van der Waals surface area contributed by atoms with E-state index >= 15 is 0 Å². The molecule has 3 heterocycles. The van der Waals surface area contributed by atoms with Crippen molar-refractivity contribution in [2.24, 2.45) is 4.99 Å². The molecule has 0 amide bonds. The van der Waals surface area contributed by atoms with Crippen LogP contribution in [0.15, 0.2) is 53.5 Å². The summed E-state index contributed by atoms with van der Waals surface area (Å²) in [5.74, 6) is 0.653. The van der Waals surface area contributed by atoms with E-state index in [2.05, 4.69) is 29.2 Å². The van der Waals surface area contributed by atoms with Gasteiger partial charge in [0.1, 0.15) is 0 Å². The lowest BCUT2D eigenvalue weighted by Crippen LogP contribution is -2.42. The molecule has 2 atom stereocenters. The van der Waals surface area contributed by atoms with Crippen molar-refractivity contribution in [2.75, 3.05) is 27.4 Å². The molecule has 2 aliphatic heterocycles. The highest BCUT2D eigenvalue weighted by Crippen LogP contribution is 2.30. The predicted molar refractivity (Wildman–Crippen MR) is 121 cm³/mol. The van der Waals surface area contributed by atoms with Crippen molar-refractivity contribution in [3.05, 3.63) is 70.4 Å². The number of nitrogens with zero attached hydrogens (tertiary/aromatic N) is 2. The van der Waals surface area contributed by atoms with Crippen LogP contribution in [0.5, 0.6) is 0 Å². The molecule has 0 bridgehead atoms. The second-order valence-corrected chi connectivity index (χ2v) is 8.10. The number of fused-ring (bicyclic) bond motifs is 2. The van der Waals surface area contributed by atoms with Crippen LogP contribution < -0.4 is 10.6 Å². The molecule has 32 heavy (non-hydrogen) atoms. The molecule has 5 rings (SSSR count). The van der Waals surface area contributed by atoms with Crippen LogP contribution in [0.2, 0.25) is 0 Å². The van der Waals surface area contributed by atoms with Crippen molar-refractivity contribution in [1.29, 1.82) is 0 Å². The Labute approximate surface area is 187 Å². The van der Waals surface area contributed by atoms with Gasteiger partial charge in [0.25, 0.3) is 0 Å². The first-order valence-electron chi connectivity index (χ1n) is 11.2. The Kier molecular flexibility index (Phi) is 6.12. The van der Waals surface area contributed by atoms with Crippen LogP contribution in [0.1, 0.15) is 36.7 Å². The number of hydrogen-bond donors (Lipinski definition) is 1. The molecule has 2 aliphatic rings. The molecule has 7 nitrogen and oxygen atoms in total. The molecular formula is C25H29N3O4. The highest BCUT2D eigenvalue weighted by Gasteiger charge is 2.27. The Morgan fingerprint density at radius 2 is 2.03 bits per heavy atom. The quantitative estimate of drug-likeness (QED) is 0.618. The first-order valence-corrected chi connectivity index (χ1v) is 11.2. The number of hydroxylamine groups is 2. The van der Waals surface area contributed by atoms with Crippen LogP contribution in [0, 0.1) is 0 Å². The van der Waals surface area contributed by atoms with Crippen molar-refractivity contribution < 1.29 is 19.0 Å². The highest BCUT2D eigenvalue weighted by molar-refractivity contribution is 5.81. The van der Waals surface area contributed by atoms with Crippen molar-refractivity contribution in [3.8, 4) is 0 Å². The molecule has 0 aliphatic carbocycles. The SMILES string of the molecule is COC1=c2ccccc2=NC(c2ccc3[nH]c(CCOC4CCCCO4)cc3c2)N1OC. The lowest BCUT2D eigenvalue weighted by atomic mass is 10.1. The van der Waals surface area contributed by atoms with Gasteiger partial charge in [-0.05, 0) is 55.2 Å². The van der Waals surface area contributed by atoms with Gasteiger partial charge in [-0.15, -0.1) is 0 Å². The fourth-order valence-corrected chi connectivity index (χ4v) is 4.42. The fraction of sp³-hybridized carbons (Fsp3) is 0.400. The first-order chi connectivity index (χ1) is 15.8. The Balaban J connectivity index is 1.38. The lowest BCUT2D eigenvalue weighted by Gasteiger charge is -2.31. The van der Waals surface area contributed by atoms with Crippen molar-refractivity contribution >= 4 is 16.8 Å². The van der Waals surface area contributed by atoms with E-state index in [1.165, 1.54) is 6.42 Å². The normalized spacial score (nSPS) is 20.8. The predicted octanol–water partition coefficient (Wildman–Crippen LogP) is 3.16. The number of methoxy groups -OCH3 is 1. The zero-order valence-corrected chi connectivity index (χ0v) is 18.5. The monoisotopic (exact) mass is 435 g/mol. The summed E-state index contributed by atoms with van der Waals surface area (Å²) in [5, 5.41) is 4.66. The minimum Gasteiger partial charge on any atom is -0.480 e. The number of rotatable bonds is 7. The largest absolute Gasteiger partial charge is 0.480 e. The number of aromatic nitrogens is 1. The average Bonchev–Trinajstić information content (AvgIpc) is 3.25. The van der Waals surface area contributed by atoms with Crippen molar-refractivity contribution in [3.63, 3.8) is 0 Å². The maximum atomic E-state index is 5.89. The van der Waals surface area contributed by atoms with Crippen LogP contribution in [0.3, 0.4) is 0 Å². The molecule has 0 spiro atoms. The zero-order valence-electron chi connectivity index (χ0n) is 18.5. The maximum absolute atomic E-state index is 5.89. The maximum Gasteiger partial charge on any atom is 0.225 e. The molecule has 0 radical (unpaired) electrons. The summed E-state index contributed by atoms with van der Waals surface area (Å²) in [6, 6.07) is 16.4. The van der Waals surface area contributed by atoms with Gasteiger partial charge in [0, 0.05) is 29.6 Å². The molecule has 2 aromatic carbocycles. The number of benzene rings is 2. The van der Waals surface area contributed by atoms with Gasteiger partial charge in [-0.25, -0.2) is 0 Å². The second kappa shape index (κ2) is 9.32. The molecule has 0 saturated carbocycles. The first kappa shape index (κ1) is 21.0. The van der Waals surface area contributed by atoms with E-state index in [0.29, 0.717) is 12.5 Å². The van der Waals surface area contributed by atoms with Crippen LogP contribution >= 0.6 is 0 Å². The Morgan fingerprint density at radius 1 is 1.12 bits per heavy atom. The number of hydrogen-bond acceptors (Lipinski definition) is 6. The molecular weight excluding hydrogens is 406 g/mol. The van der Waals surface area contributed by atoms with Gasteiger partial charge in [0.15, 0.2) is 12.5 Å². The van der Waals surface area contributed by atoms with E-state index in [-0.39, 0.29) is 12.5 Å². The minimum absolute atomic E-state index is 0.0539. The Hall–Kier alpha value is -2.87. The molecule has 1 fully saturated rings. The second-order valence-electron chi connectivity index (χ2n) is 8.10. The number of para-hydroxylation sites is 1. The molecule has 3 aromatic rings. The zero-order chi connectivity index (χ0) is 21.9. The molecule has 7 heteroatoms. The third kappa shape index (κ3) is 4.11. The van der Waals surface area contributed by atoms with Crippen LogP contribution in [-0.4, -0.2) is 43.8 Å². The van der Waals surface area contributed by atoms with Gasteiger partial charge in [-0.2, -0.15) is 5.06 Å². The summed E-state index contributed by atoms with van der Waals surface area (Å²) < 4.78 is 17.2. The van der Waals surface area contributed by atoms with E-state index in [4.69, 9.17) is 24.0 Å². The van der Waals surface area contributed by atoms with Gasteiger partial charge < -0.3 is 19.2 Å². The van der Waals surface area contributed by atoms with E-state index in [1.807, 2.05) is 24.3 Å². The number of nitrogens with one attached hydrogen (secondary N) is 1. The van der Waals surface area contributed by atoms with Crippen LogP contribution in [-0.2, 0) is 25.5 Å². The van der Waals surface area contributed by atoms with E-state index in [0.717, 1.165) is 58.6 Å². The highest BCUT2D eigenvalue weighted by atomic mass is 16.7. The number of H-pyrrole nitrogens is 1. The lowest BCUT2D eigenvalue weighted by molar-refractivity contribution is -0.161. The Morgan fingerprint density at radius 3 is 2.84 bits per heavy atom. The summed E-state index contributed by atoms with van der Waals surface area (Å²) in [6.45, 7) is 1.44. The number of ether oxygens (including phenoxy) is 3. The van der Waals surface area contributed by atoms with E-state index in [9.17, 15) is 0 Å². The summed E-state index contributed by atoms with van der Waals surface area (Å²) >= 11 is 0. The summed E-state index contributed by atoms with van der Waals surface area (Å²) in [5.41, 5.74) is 3.27. The standard InChI is InChI=1S/C25H29N3O4/c1-29-25-20-7-3-4-8-22(20)27-24(28(25)30-2)17-10-11-21-18(15-17)16-19(26-21)12-14-32-23-9-5-6-13-31-23/h3-4,7-8,10-11,15-16,23-24,26H,5-6,9,12-14H2,1-2H3. The topological polar surface area (TPSA) is 68.3 Å². The summed E-state index contributed by atoms with van der Waals surface area (Å²) in [7, 11) is 3.29. The number of aromatic amines is 1. The van der Waals surface area contributed by atoms with E-state index < -0.39 is 0 Å². The smallest absolute Gasteiger partial charge is 0.225 e. The summed E-state index contributed by atoms with van der Waals surface area (Å²) in [4.78, 5) is 14.1. The molecule has 1 N–H and O–H groups in total. The van der Waals surface area contributed by atoms with Gasteiger partial charge in [-0.3, -0.25) is 9.83 Å².